The summed E-state index contributed by atoms with van der Waals surface area (Å²) in [7, 11) is 0. The highest BCUT2D eigenvalue weighted by atomic mass is 16.6. The predicted octanol–water partition coefficient (Wildman–Crippen LogP) is 2.96. The highest BCUT2D eigenvalue weighted by Gasteiger charge is 2.46. The Kier molecular flexibility index (Phi) is 7.11. The molecule has 0 aliphatic carbocycles. The van der Waals surface area contributed by atoms with Crippen LogP contribution >= 0.6 is 0 Å². The highest BCUT2D eigenvalue weighted by molar-refractivity contribution is 6.23. The van der Waals surface area contributed by atoms with Gasteiger partial charge in [0.1, 0.15) is 6.04 Å². The van der Waals surface area contributed by atoms with Gasteiger partial charge in [-0.25, -0.2) is 0 Å². The number of imide groups is 2. The maximum absolute atomic E-state index is 13.3. The number of piperidine rings is 3. The molecular formula is C32H36N6O6. The van der Waals surface area contributed by atoms with E-state index in [0.29, 0.717) is 17.2 Å². The number of nitrogens with zero attached hydrogens (tertiary/aromatic N) is 5. The van der Waals surface area contributed by atoms with Crippen molar-refractivity contribution >= 4 is 40.7 Å². The number of hydrogen-bond acceptors (Lipinski definition) is 9. The summed E-state index contributed by atoms with van der Waals surface area (Å²) in [5.41, 5.74) is 2.95. The van der Waals surface area contributed by atoms with Crippen LogP contribution in [0.2, 0.25) is 0 Å². The quantitative estimate of drug-likeness (QED) is 0.312. The first-order valence-electron chi connectivity index (χ1n) is 15.6. The van der Waals surface area contributed by atoms with Gasteiger partial charge in [-0.2, -0.15) is 0 Å². The molecule has 7 rings (SSSR count). The van der Waals surface area contributed by atoms with Crippen LogP contribution in [0.15, 0.2) is 42.5 Å². The van der Waals surface area contributed by atoms with Gasteiger partial charge in [-0.15, -0.1) is 0 Å². The van der Waals surface area contributed by atoms with Crippen molar-refractivity contribution in [2.24, 2.45) is 5.41 Å². The molecular weight excluding hydrogens is 564 g/mol. The summed E-state index contributed by atoms with van der Waals surface area (Å²) in [5, 5.41) is 13.2. The zero-order valence-corrected chi connectivity index (χ0v) is 24.6. The maximum atomic E-state index is 13.3. The molecule has 2 aromatic carbocycles. The molecule has 0 radical (unpaired) electrons. The van der Waals surface area contributed by atoms with Crippen molar-refractivity contribution in [3.8, 4) is 0 Å². The molecule has 1 spiro atoms. The van der Waals surface area contributed by atoms with Gasteiger partial charge in [-0.1, -0.05) is 0 Å². The molecule has 1 unspecified atom stereocenters. The van der Waals surface area contributed by atoms with Crippen molar-refractivity contribution in [1.29, 1.82) is 0 Å². The lowest BCUT2D eigenvalue weighted by Gasteiger charge is -2.45. The third-order valence-corrected chi connectivity index (χ3v) is 10.5. The van der Waals surface area contributed by atoms with E-state index in [9.17, 15) is 29.3 Å². The second-order valence-corrected chi connectivity index (χ2v) is 12.9. The zero-order valence-electron chi connectivity index (χ0n) is 24.6. The van der Waals surface area contributed by atoms with Crippen LogP contribution in [0.1, 0.15) is 65.7 Å². The third-order valence-electron chi connectivity index (χ3n) is 10.5. The van der Waals surface area contributed by atoms with Gasteiger partial charge in [0, 0.05) is 62.1 Å². The molecule has 4 amide bonds. The molecule has 5 aliphatic heterocycles. The number of hydrogen-bond donors (Lipinski definition) is 1. The topological polar surface area (TPSA) is 136 Å². The van der Waals surface area contributed by atoms with Crippen molar-refractivity contribution in [2.45, 2.75) is 57.0 Å². The molecule has 5 heterocycles. The van der Waals surface area contributed by atoms with Crippen molar-refractivity contribution in [2.75, 3.05) is 49.1 Å². The summed E-state index contributed by atoms with van der Waals surface area (Å²) in [6.45, 7) is 5.82. The molecule has 0 bridgehead atoms. The lowest BCUT2D eigenvalue weighted by molar-refractivity contribution is -0.384. The second-order valence-electron chi connectivity index (χ2n) is 12.9. The standard InChI is InChI=1S/C32H36N6O6/c39-28-8-7-27(29(40)33-28)37-30(41)25-6-5-24(19-26(25)31(37)42)36-18-13-32(20-36)11-16-35(17-12-32)22-9-14-34(15-10-22)21-1-3-23(4-2-21)38(43)44/h1-6,19,22,27H,7-18,20H2,(H,33,39,40). The average Bonchev–Trinajstić information content (AvgIpc) is 3.55. The molecule has 0 saturated carbocycles. The Balaban J connectivity index is 0.942. The van der Waals surface area contributed by atoms with E-state index in [4.69, 9.17) is 0 Å². The Labute approximate surface area is 255 Å². The number of amides is 4. The van der Waals surface area contributed by atoms with Crippen LogP contribution in [0.25, 0.3) is 0 Å². The van der Waals surface area contributed by atoms with Gasteiger partial charge in [0.15, 0.2) is 0 Å². The summed E-state index contributed by atoms with van der Waals surface area (Å²) < 4.78 is 0. The normalized spacial score (nSPS) is 24.3. The first-order chi connectivity index (χ1) is 21.2. The Morgan fingerprint density at radius 3 is 2.11 bits per heavy atom. The molecule has 4 saturated heterocycles. The molecule has 2 aromatic rings. The van der Waals surface area contributed by atoms with E-state index in [1.165, 1.54) is 0 Å². The average molecular weight is 601 g/mol. The summed E-state index contributed by atoms with van der Waals surface area (Å²) in [4.78, 5) is 69.3. The number of nitro groups is 1. The van der Waals surface area contributed by atoms with Gasteiger partial charge in [-0.05, 0) is 87.4 Å². The van der Waals surface area contributed by atoms with Gasteiger partial charge >= 0.3 is 0 Å². The Morgan fingerprint density at radius 2 is 1.43 bits per heavy atom. The number of nitro benzene ring substituents is 1. The van der Waals surface area contributed by atoms with Gasteiger partial charge in [0.05, 0.1) is 16.1 Å². The number of rotatable bonds is 5. The van der Waals surface area contributed by atoms with Crippen LogP contribution in [0.5, 0.6) is 0 Å². The van der Waals surface area contributed by atoms with E-state index in [2.05, 4.69) is 20.0 Å². The molecule has 44 heavy (non-hydrogen) atoms. The molecule has 5 aliphatic rings. The van der Waals surface area contributed by atoms with Gasteiger partial charge in [0.2, 0.25) is 11.8 Å². The van der Waals surface area contributed by atoms with Gasteiger partial charge < -0.3 is 14.7 Å². The summed E-state index contributed by atoms with van der Waals surface area (Å²) in [5.74, 6) is -1.93. The number of benzene rings is 2. The van der Waals surface area contributed by atoms with Crippen LogP contribution in [-0.2, 0) is 9.59 Å². The lowest BCUT2D eigenvalue weighted by Crippen LogP contribution is -2.54. The smallest absolute Gasteiger partial charge is 0.269 e. The number of likely N-dealkylation sites (tertiary alicyclic amines) is 1. The molecule has 12 nitrogen and oxygen atoms in total. The van der Waals surface area contributed by atoms with E-state index in [0.717, 1.165) is 87.6 Å². The lowest BCUT2D eigenvalue weighted by atomic mass is 9.77. The SMILES string of the molecule is O=C1CCC(N2C(=O)c3ccc(N4CCC5(CCN(C6CCN(c7ccc([N+](=O)[O-])cc7)CC6)CC5)C4)cc3C2=O)C(=O)N1. The van der Waals surface area contributed by atoms with Crippen molar-refractivity contribution in [3.63, 3.8) is 0 Å². The summed E-state index contributed by atoms with van der Waals surface area (Å²) >= 11 is 0. The Morgan fingerprint density at radius 1 is 0.773 bits per heavy atom. The molecule has 1 N–H and O–H groups in total. The monoisotopic (exact) mass is 600 g/mol. The molecule has 1 atom stereocenters. The fraction of sp³-hybridized carbons (Fsp3) is 0.500. The number of fused-ring (bicyclic) bond motifs is 1. The minimum atomic E-state index is -0.960. The summed E-state index contributed by atoms with van der Waals surface area (Å²) in [6.07, 6.45) is 5.74. The van der Waals surface area contributed by atoms with Crippen LogP contribution in [0.3, 0.4) is 0 Å². The second kappa shape index (κ2) is 11.0. The van der Waals surface area contributed by atoms with E-state index < -0.39 is 23.8 Å². The minimum absolute atomic E-state index is 0.101. The fourth-order valence-electron chi connectivity index (χ4n) is 7.86. The largest absolute Gasteiger partial charge is 0.371 e. The number of nitrogens with one attached hydrogen (secondary N) is 1. The van der Waals surface area contributed by atoms with Gasteiger partial charge in [0.25, 0.3) is 17.5 Å². The van der Waals surface area contributed by atoms with Crippen molar-refractivity contribution in [1.82, 2.24) is 15.1 Å². The minimum Gasteiger partial charge on any atom is -0.371 e. The fourth-order valence-corrected chi connectivity index (χ4v) is 7.86. The van der Waals surface area contributed by atoms with E-state index in [-0.39, 0.29) is 34.8 Å². The predicted molar refractivity (Wildman–Crippen MR) is 162 cm³/mol. The number of carbonyl (C=O) groups excluding carboxylic acids is 4. The molecule has 4 fully saturated rings. The van der Waals surface area contributed by atoms with Crippen LogP contribution in [0.4, 0.5) is 17.1 Å². The van der Waals surface area contributed by atoms with E-state index in [1.807, 2.05) is 18.2 Å². The Hall–Kier alpha value is -4.32. The van der Waals surface area contributed by atoms with Crippen LogP contribution in [-0.4, -0.2) is 89.7 Å². The Bertz CT molecular complexity index is 1530. The molecule has 0 aromatic heterocycles. The third kappa shape index (κ3) is 5.00. The van der Waals surface area contributed by atoms with E-state index in [1.54, 1.807) is 24.3 Å². The van der Waals surface area contributed by atoms with Crippen LogP contribution in [0, 0.1) is 15.5 Å². The van der Waals surface area contributed by atoms with Crippen molar-refractivity contribution in [3.05, 3.63) is 63.7 Å². The van der Waals surface area contributed by atoms with Gasteiger partial charge in [-0.3, -0.25) is 39.5 Å². The zero-order chi connectivity index (χ0) is 30.6. The maximum Gasteiger partial charge on any atom is 0.269 e. The van der Waals surface area contributed by atoms with Crippen LogP contribution < -0.4 is 15.1 Å². The molecule has 12 heteroatoms. The first kappa shape index (κ1) is 28.5. The van der Waals surface area contributed by atoms with E-state index >= 15 is 0 Å². The number of non-ortho nitro benzene ring substituents is 1. The number of anilines is 2. The first-order valence-corrected chi connectivity index (χ1v) is 15.6. The van der Waals surface area contributed by atoms with Crippen molar-refractivity contribution < 1.29 is 24.1 Å². The number of carbonyl (C=O) groups is 4. The highest BCUT2D eigenvalue weighted by Crippen LogP contribution is 2.43. The molecule has 230 valence electrons. The summed E-state index contributed by atoms with van der Waals surface area (Å²) in [6, 6.07) is 11.8.